The Morgan fingerprint density at radius 2 is 1.96 bits per heavy atom. The van der Waals surface area contributed by atoms with Gasteiger partial charge in [0.25, 0.3) is 0 Å². The van der Waals surface area contributed by atoms with Gasteiger partial charge in [-0.2, -0.15) is 0 Å². The molecule has 0 radical (unpaired) electrons. The van der Waals surface area contributed by atoms with Crippen LogP contribution in [0.3, 0.4) is 0 Å². The zero-order valence-electron chi connectivity index (χ0n) is 17.5. The van der Waals surface area contributed by atoms with E-state index in [0.717, 1.165) is 50.5 Å². The molecule has 0 spiro atoms. The van der Waals surface area contributed by atoms with Crippen LogP contribution in [0.2, 0.25) is 0 Å². The molecule has 0 unspecified atom stereocenters. The van der Waals surface area contributed by atoms with Crippen molar-refractivity contribution in [3.63, 3.8) is 0 Å². The first-order valence-electron chi connectivity index (χ1n) is 10.3. The Kier molecular flexibility index (Phi) is 12.1. The molecule has 0 saturated carbocycles. The van der Waals surface area contributed by atoms with Crippen molar-refractivity contribution in [2.75, 3.05) is 38.0 Å². The monoisotopic (exact) mass is 501 g/mol. The number of amides is 1. The zero-order chi connectivity index (χ0) is 19.5. The number of carbonyl (C=O) groups is 1. The van der Waals surface area contributed by atoms with E-state index in [1.165, 1.54) is 18.5 Å². The summed E-state index contributed by atoms with van der Waals surface area (Å²) in [5.41, 5.74) is 2.04. The number of aliphatic imine (C=N–C) groups is 1. The Labute approximate surface area is 187 Å². The van der Waals surface area contributed by atoms with Crippen LogP contribution in [0.15, 0.2) is 29.3 Å². The third-order valence-electron chi connectivity index (χ3n) is 4.81. The van der Waals surface area contributed by atoms with Crippen molar-refractivity contribution in [3.05, 3.63) is 29.8 Å². The van der Waals surface area contributed by atoms with Crippen molar-refractivity contribution in [3.8, 4) is 0 Å². The number of halogens is 1. The van der Waals surface area contributed by atoms with Crippen molar-refractivity contribution in [2.24, 2.45) is 4.99 Å². The molecule has 1 aliphatic heterocycles. The number of hydrogen-bond acceptors (Lipinski definition) is 3. The Morgan fingerprint density at radius 1 is 1.21 bits per heavy atom. The van der Waals surface area contributed by atoms with Gasteiger partial charge in [-0.3, -0.25) is 4.79 Å². The quantitative estimate of drug-likeness (QED) is 0.291. The highest BCUT2D eigenvalue weighted by Gasteiger charge is 2.19. The highest BCUT2D eigenvalue weighted by molar-refractivity contribution is 14.0. The van der Waals surface area contributed by atoms with Gasteiger partial charge in [0.2, 0.25) is 5.91 Å². The fraction of sp³-hybridized carbons (Fsp3) is 0.619. The average molecular weight is 501 g/mol. The van der Waals surface area contributed by atoms with Gasteiger partial charge in [-0.15, -0.1) is 24.0 Å². The number of anilines is 1. The Morgan fingerprint density at radius 3 is 2.61 bits per heavy atom. The van der Waals surface area contributed by atoms with Crippen LogP contribution in [0.4, 0.5) is 5.69 Å². The number of nitrogens with zero attached hydrogens (tertiary/aromatic N) is 2. The number of nitrogens with one attached hydrogen (secondary N) is 3. The minimum absolute atomic E-state index is 0. The van der Waals surface area contributed by atoms with E-state index in [0.29, 0.717) is 6.04 Å². The number of carbonyl (C=O) groups excluding carboxylic acids is 1. The second-order valence-electron chi connectivity index (χ2n) is 7.06. The molecule has 0 atom stereocenters. The van der Waals surface area contributed by atoms with Crippen molar-refractivity contribution in [2.45, 2.75) is 52.5 Å². The van der Waals surface area contributed by atoms with E-state index in [9.17, 15) is 4.79 Å². The molecule has 1 fully saturated rings. The van der Waals surface area contributed by atoms with Crippen LogP contribution in [-0.2, 0) is 11.2 Å². The topological polar surface area (TPSA) is 68.8 Å². The first-order valence-corrected chi connectivity index (χ1v) is 10.3. The molecule has 0 aliphatic carbocycles. The zero-order valence-corrected chi connectivity index (χ0v) is 19.8. The molecule has 1 aliphatic rings. The van der Waals surface area contributed by atoms with Gasteiger partial charge in [-0.1, -0.05) is 26.0 Å². The summed E-state index contributed by atoms with van der Waals surface area (Å²) >= 11 is 0. The number of piperidine rings is 1. The molecule has 1 heterocycles. The van der Waals surface area contributed by atoms with Gasteiger partial charge < -0.3 is 20.9 Å². The summed E-state index contributed by atoms with van der Waals surface area (Å²) in [5.74, 6) is 0.627. The first-order chi connectivity index (χ1) is 13.1. The fourth-order valence-corrected chi connectivity index (χ4v) is 3.35. The number of benzene rings is 1. The molecule has 7 heteroatoms. The Hall–Kier alpha value is -1.35. The summed E-state index contributed by atoms with van der Waals surface area (Å²) in [6, 6.07) is 8.37. The summed E-state index contributed by atoms with van der Waals surface area (Å²) in [4.78, 5) is 19.2. The molecule has 1 saturated heterocycles. The number of aryl methyl sites for hydroxylation is 1. The summed E-state index contributed by atoms with van der Waals surface area (Å²) in [5, 5.41) is 9.67. The van der Waals surface area contributed by atoms with Crippen LogP contribution in [0.1, 0.15) is 45.6 Å². The van der Waals surface area contributed by atoms with Crippen LogP contribution in [0.5, 0.6) is 0 Å². The first kappa shape index (κ1) is 24.7. The summed E-state index contributed by atoms with van der Waals surface area (Å²) in [7, 11) is 0. The normalized spacial score (nSPS) is 15.6. The van der Waals surface area contributed by atoms with Crippen LogP contribution < -0.4 is 16.0 Å². The van der Waals surface area contributed by atoms with Gasteiger partial charge in [-0.05, 0) is 56.8 Å². The van der Waals surface area contributed by atoms with E-state index in [1.807, 2.05) is 25.1 Å². The maximum Gasteiger partial charge on any atom is 0.246 e. The van der Waals surface area contributed by atoms with Gasteiger partial charge in [0, 0.05) is 31.4 Å². The maximum atomic E-state index is 12.2. The van der Waals surface area contributed by atoms with Crippen LogP contribution in [0, 0.1) is 0 Å². The summed E-state index contributed by atoms with van der Waals surface area (Å²) in [6.45, 7) is 10.7. The molecule has 158 valence electrons. The average Bonchev–Trinajstić information content (AvgIpc) is 2.68. The molecular weight excluding hydrogens is 465 g/mol. The molecule has 0 aromatic heterocycles. The summed E-state index contributed by atoms with van der Waals surface area (Å²) in [6.07, 6.45) is 4.38. The molecule has 1 aromatic rings. The van der Waals surface area contributed by atoms with Gasteiger partial charge in [0.15, 0.2) is 5.96 Å². The summed E-state index contributed by atoms with van der Waals surface area (Å²) < 4.78 is 0. The van der Waals surface area contributed by atoms with Crippen molar-refractivity contribution in [1.82, 2.24) is 15.5 Å². The standard InChI is InChI=1S/C21H35N5O.HI/c1-4-12-26-13-10-18(11-14-26)25-21(22-6-3)23-16-20(27)24-19-9-7-8-17(5-2)15-19;/h7-9,15,18H,4-6,10-14,16H2,1-3H3,(H,24,27)(H2,22,23,25);1H. The number of hydrogen-bond donors (Lipinski definition) is 3. The lowest BCUT2D eigenvalue weighted by Gasteiger charge is -2.32. The van der Waals surface area contributed by atoms with Gasteiger partial charge in [0.05, 0.1) is 0 Å². The van der Waals surface area contributed by atoms with E-state index in [2.05, 4.69) is 45.8 Å². The van der Waals surface area contributed by atoms with Gasteiger partial charge >= 0.3 is 0 Å². The smallest absolute Gasteiger partial charge is 0.246 e. The van der Waals surface area contributed by atoms with Crippen molar-refractivity contribution < 1.29 is 4.79 Å². The van der Waals surface area contributed by atoms with Gasteiger partial charge in [-0.25, -0.2) is 4.99 Å². The number of rotatable bonds is 8. The second kappa shape index (κ2) is 13.8. The molecular formula is C21H36IN5O. The molecule has 1 amide bonds. The maximum absolute atomic E-state index is 12.2. The molecule has 3 N–H and O–H groups in total. The predicted molar refractivity (Wildman–Crippen MR) is 129 cm³/mol. The van der Waals surface area contributed by atoms with E-state index >= 15 is 0 Å². The minimum atomic E-state index is -0.0989. The van der Waals surface area contributed by atoms with Gasteiger partial charge in [0.1, 0.15) is 6.54 Å². The Balaban J connectivity index is 0.00000392. The lowest BCUT2D eigenvalue weighted by atomic mass is 10.1. The number of likely N-dealkylation sites (tertiary alicyclic amines) is 1. The lowest BCUT2D eigenvalue weighted by Crippen LogP contribution is -2.49. The van der Waals surface area contributed by atoms with E-state index in [1.54, 1.807) is 0 Å². The lowest BCUT2D eigenvalue weighted by molar-refractivity contribution is -0.114. The third-order valence-corrected chi connectivity index (χ3v) is 4.81. The Bertz CT molecular complexity index is 615. The van der Waals surface area contributed by atoms with Crippen LogP contribution >= 0.6 is 24.0 Å². The highest BCUT2D eigenvalue weighted by Crippen LogP contribution is 2.11. The van der Waals surface area contributed by atoms with E-state index in [-0.39, 0.29) is 36.4 Å². The SMILES string of the molecule is CCCN1CCC(NC(=NCC(=O)Nc2cccc(CC)c2)NCC)CC1.I. The van der Waals surface area contributed by atoms with Crippen LogP contribution in [-0.4, -0.2) is 55.5 Å². The van der Waals surface area contributed by atoms with E-state index in [4.69, 9.17) is 0 Å². The van der Waals surface area contributed by atoms with E-state index < -0.39 is 0 Å². The minimum Gasteiger partial charge on any atom is -0.357 e. The van der Waals surface area contributed by atoms with Crippen molar-refractivity contribution in [1.29, 1.82) is 0 Å². The van der Waals surface area contributed by atoms with Crippen LogP contribution in [0.25, 0.3) is 0 Å². The molecule has 2 rings (SSSR count). The second-order valence-corrected chi connectivity index (χ2v) is 7.06. The largest absolute Gasteiger partial charge is 0.357 e. The number of guanidine groups is 1. The highest BCUT2D eigenvalue weighted by atomic mass is 127. The third kappa shape index (κ3) is 8.77. The van der Waals surface area contributed by atoms with Crippen molar-refractivity contribution >= 4 is 41.5 Å². The molecule has 1 aromatic carbocycles. The predicted octanol–water partition coefficient (Wildman–Crippen LogP) is 3.24. The molecule has 0 bridgehead atoms. The molecule has 6 nitrogen and oxygen atoms in total. The fourth-order valence-electron chi connectivity index (χ4n) is 3.35. The molecule has 28 heavy (non-hydrogen) atoms.